The lowest BCUT2D eigenvalue weighted by Gasteiger charge is -2.39. The number of ether oxygens (including phenoxy) is 2. The SMILES string of the molecule is CN1C(=O)[C@@]23C[C@](C)(C#N)[C@H](c4cnc5c(c4)OCO5)N2C(=O)[C@]1(C)S3. The third-order valence-corrected chi connectivity index (χ3v) is 7.64. The number of thioether (sulfide) groups is 1. The molecule has 0 aromatic carbocycles. The van der Waals surface area contributed by atoms with Crippen molar-refractivity contribution in [2.24, 2.45) is 5.41 Å². The lowest BCUT2D eigenvalue weighted by atomic mass is 9.80. The molecule has 1 spiro atoms. The number of hydrogen-bond donors (Lipinski definition) is 0. The molecule has 0 aliphatic carbocycles. The highest BCUT2D eigenvalue weighted by atomic mass is 32.2. The van der Waals surface area contributed by atoms with E-state index in [1.807, 2.05) is 0 Å². The average molecular weight is 372 g/mol. The number of carbonyl (C=O) groups excluding carboxylic acids is 2. The molecule has 4 atom stereocenters. The van der Waals surface area contributed by atoms with Crippen molar-refractivity contribution in [1.29, 1.82) is 5.26 Å². The maximum Gasteiger partial charge on any atom is 0.261 e. The first-order valence-electron chi connectivity index (χ1n) is 8.26. The standard InChI is InChI=1S/C17H16N4O4S/c1-15(7-18)6-17-14(23)20(3)16(2,26-17)13(22)21(17)11(15)9-4-10-12(19-5-9)25-8-24-10/h4-5,11H,6,8H2,1-3H3/t11-,15+,16-,17-/m0/s1. The molecule has 134 valence electrons. The van der Waals surface area contributed by atoms with Gasteiger partial charge in [0.1, 0.15) is 0 Å². The predicted molar refractivity (Wildman–Crippen MR) is 89.8 cm³/mol. The van der Waals surface area contributed by atoms with Crippen molar-refractivity contribution in [3.05, 3.63) is 17.8 Å². The number of nitrogens with zero attached hydrogens (tertiary/aromatic N) is 4. The van der Waals surface area contributed by atoms with Gasteiger partial charge in [0.2, 0.25) is 6.79 Å². The third kappa shape index (κ3) is 1.51. The van der Waals surface area contributed by atoms with Gasteiger partial charge in [0.15, 0.2) is 15.5 Å². The van der Waals surface area contributed by atoms with Gasteiger partial charge in [0, 0.05) is 19.7 Å². The van der Waals surface area contributed by atoms with E-state index in [4.69, 9.17) is 9.47 Å². The summed E-state index contributed by atoms with van der Waals surface area (Å²) in [5.74, 6) is 0.614. The minimum absolute atomic E-state index is 0.0930. The molecule has 0 radical (unpaired) electrons. The van der Waals surface area contributed by atoms with Gasteiger partial charge < -0.3 is 19.3 Å². The van der Waals surface area contributed by atoms with E-state index in [1.165, 1.54) is 16.7 Å². The molecule has 5 heterocycles. The van der Waals surface area contributed by atoms with Crippen molar-refractivity contribution in [1.82, 2.24) is 14.8 Å². The Labute approximate surface area is 154 Å². The first-order chi connectivity index (χ1) is 12.3. The molecule has 5 rings (SSSR count). The van der Waals surface area contributed by atoms with Crippen LogP contribution in [0, 0.1) is 16.7 Å². The number of nitriles is 1. The molecule has 1 aromatic rings. The fourth-order valence-corrected chi connectivity index (χ4v) is 6.55. The van der Waals surface area contributed by atoms with Gasteiger partial charge in [0.05, 0.1) is 17.5 Å². The zero-order valence-corrected chi connectivity index (χ0v) is 15.3. The van der Waals surface area contributed by atoms with Crippen LogP contribution in [0.15, 0.2) is 12.3 Å². The number of fused-ring (bicyclic) bond motifs is 2. The van der Waals surface area contributed by atoms with Crippen LogP contribution in [0.5, 0.6) is 11.6 Å². The van der Waals surface area contributed by atoms with Crippen molar-refractivity contribution in [2.75, 3.05) is 13.8 Å². The second-order valence-corrected chi connectivity index (χ2v) is 9.17. The topological polar surface area (TPSA) is 95.8 Å². The summed E-state index contributed by atoms with van der Waals surface area (Å²) in [6.45, 7) is 3.66. The Bertz CT molecular complexity index is 932. The number of rotatable bonds is 1. The Morgan fingerprint density at radius 3 is 2.85 bits per heavy atom. The van der Waals surface area contributed by atoms with Crippen LogP contribution in [0.25, 0.3) is 0 Å². The van der Waals surface area contributed by atoms with Crippen LogP contribution in [-0.2, 0) is 9.59 Å². The van der Waals surface area contributed by atoms with Crippen LogP contribution >= 0.6 is 11.8 Å². The number of aromatic nitrogens is 1. The summed E-state index contributed by atoms with van der Waals surface area (Å²) in [6.07, 6.45) is 1.89. The lowest BCUT2D eigenvalue weighted by Crippen LogP contribution is -2.60. The molecule has 0 N–H and O–H groups in total. The molecule has 0 saturated carbocycles. The summed E-state index contributed by atoms with van der Waals surface area (Å²) in [7, 11) is 1.65. The molecule has 26 heavy (non-hydrogen) atoms. The van der Waals surface area contributed by atoms with Gasteiger partial charge in [0.25, 0.3) is 17.7 Å². The molecular formula is C17H16N4O4S. The maximum absolute atomic E-state index is 13.3. The van der Waals surface area contributed by atoms with Crippen molar-refractivity contribution in [3.8, 4) is 17.7 Å². The lowest BCUT2D eigenvalue weighted by molar-refractivity contribution is -0.159. The summed E-state index contributed by atoms with van der Waals surface area (Å²) in [4.78, 5) is 31.7. The summed E-state index contributed by atoms with van der Waals surface area (Å²) < 4.78 is 10.7. The van der Waals surface area contributed by atoms with Gasteiger partial charge in [-0.25, -0.2) is 4.98 Å². The van der Waals surface area contributed by atoms with E-state index < -0.39 is 21.2 Å². The van der Waals surface area contributed by atoms with E-state index in [0.29, 0.717) is 17.2 Å². The number of carbonyl (C=O) groups is 2. The van der Waals surface area contributed by atoms with Gasteiger partial charge in [-0.05, 0) is 25.5 Å². The van der Waals surface area contributed by atoms with Crippen molar-refractivity contribution >= 4 is 23.6 Å². The second-order valence-electron chi connectivity index (χ2n) is 7.50. The predicted octanol–water partition coefficient (Wildman–Crippen LogP) is 1.24. The zero-order chi connectivity index (χ0) is 18.5. The van der Waals surface area contributed by atoms with Crippen molar-refractivity contribution < 1.29 is 19.1 Å². The molecule has 4 aliphatic rings. The Morgan fingerprint density at radius 1 is 1.35 bits per heavy atom. The van der Waals surface area contributed by atoms with Crippen LogP contribution in [0.2, 0.25) is 0 Å². The highest BCUT2D eigenvalue weighted by Crippen LogP contribution is 2.69. The Balaban J connectivity index is 1.69. The number of amides is 2. The number of likely N-dealkylation sites (N-methyl/N-ethyl adjacent to an activating group) is 1. The molecular weight excluding hydrogens is 356 g/mol. The fraction of sp³-hybridized carbons (Fsp3) is 0.529. The first-order valence-corrected chi connectivity index (χ1v) is 9.07. The van der Waals surface area contributed by atoms with E-state index in [0.717, 1.165) is 0 Å². The molecule has 3 fully saturated rings. The zero-order valence-electron chi connectivity index (χ0n) is 14.5. The molecule has 1 aromatic heterocycles. The molecule has 2 amide bonds. The second kappa shape index (κ2) is 4.43. The monoisotopic (exact) mass is 372 g/mol. The third-order valence-electron chi connectivity index (χ3n) is 5.94. The quantitative estimate of drug-likeness (QED) is 0.732. The summed E-state index contributed by atoms with van der Waals surface area (Å²) >= 11 is 1.34. The minimum atomic E-state index is -1.04. The maximum atomic E-state index is 13.3. The van der Waals surface area contributed by atoms with Gasteiger partial charge in [-0.3, -0.25) is 9.59 Å². The molecule has 9 heteroatoms. The molecule has 2 bridgehead atoms. The van der Waals surface area contributed by atoms with E-state index in [2.05, 4.69) is 11.1 Å². The van der Waals surface area contributed by atoms with Crippen LogP contribution in [0.1, 0.15) is 31.9 Å². The summed E-state index contributed by atoms with van der Waals surface area (Å²) in [5.41, 5.74) is -0.240. The van der Waals surface area contributed by atoms with Gasteiger partial charge >= 0.3 is 0 Å². The Morgan fingerprint density at radius 2 is 2.12 bits per heavy atom. The molecule has 8 nitrogen and oxygen atoms in total. The van der Waals surface area contributed by atoms with Crippen molar-refractivity contribution in [2.45, 2.75) is 36.1 Å². The van der Waals surface area contributed by atoms with E-state index in [1.54, 1.807) is 38.1 Å². The van der Waals surface area contributed by atoms with E-state index in [9.17, 15) is 14.9 Å². The smallest absolute Gasteiger partial charge is 0.261 e. The highest BCUT2D eigenvalue weighted by molar-refractivity contribution is 8.04. The average Bonchev–Trinajstić information content (AvgIpc) is 3.28. The minimum Gasteiger partial charge on any atom is -0.452 e. The normalized spacial score (nSPS) is 39.5. The number of pyridine rings is 1. The highest BCUT2D eigenvalue weighted by Gasteiger charge is 2.78. The molecule has 0 unspecified atom stereocenters. The van der Waals surface area contributed by atoms with Crippen LogP contribution in [0.3, 0.4) is 0 Å². The van der Waals surface area contributed by atoms with Crippen LogP contribution < -0.4 is 9.47 Å². The number of hydrogen-bond acceptors (Lipinski definition) is 7. The van der Waals surface area contributed by atoms with Crippen LogP contribution in [0.4, 0.5) is 0 Å². The molecule has 4 aliphatic heterocycles. The van der Waals surface area contributed by atoms with E-state index >= 15 is 0 Å². The van der Waals surface area contributed by atoms with Crippen LogP contribution in [-0.4, -0.2) is 50.2 Å². The largest absolute Gasteiger partial charge is 0.452 e. The van der Waals surface area contributed by atoms with Gasteiger partial charge in [-0.15, -0.1) is 0 Å². The first kappa shape index (κ1) is 15.8. The van der Waals surface area contributed by atoms with E-state index in [-0.39, 0.29) is 25.0 Å². The summed E-state index contributed by atoms with van der Waals surface area (Å²) in [6, 6.07) is 3.54. The fourth-order valence-electron chi connectivity index (χ4n) is 4.60. The molecule has 3 saturated heterocycles. The Hall–Kier alpha value is -2.47. The number of piperazine rings is 1. The summed E-state index contributed by atoms with van der Waals surface area (Å²) in [5, 5.41) is 9.93. The van der Waals surface area contributed by atoms with Gasteiger partial charge in [-0.2, -0.15) is 5.26 Å². The Kier molecular flexibility index (Phi) is 2.69. The van der Waals surface area contributed by atoms with Gasteiger partial charge in [-0.1, -0.05) is 11.8 Å². The van der Waals surface area contributed by atoms with Crippen molar-refractivity contribution in [3.63, 3.8) is 0 Å².